The SMILES string of the molecule is C=CCSC1CC(=O)N1C(C(=O)OCc1ccc([N+](=O)[O-])cc1)C(=S)Oc1ccccc1. The number of esters is 1. The lowest BCUT2D eigenvalue weighted by atomic mass is 10.1. The van der Waals surface area contributed by atoms with Gasteiger partial charge in [-0.05, 0) is 42.0 Å². The van der Waals surface area contributed by atoms with E-state index in [1.807, 2.05) is 6.07 Å². The molecule has 166 valence electrons. The molecule has 0 radical (unpaired) electrons. The van der Waals surface area contributed by atoms with Gasteiger partial charge in [-0.1, -0.05) is 24.3 Å². The van der Waals surface area contributed by atoms with E-state index in [4.69, 9.17) is 21.7 Å². The highest BCUT2D eigenvalue weighted by Crippen LogP contribution is 2.33. The van der Waals surface area contributed by atoms with Gasteiger partial charge in [-0.25, -0.2) is 4.79 Å². The van der Waals surface area contributed by atoms with Crippen LogP contribution in [0.25, 0.3) is 0 Å². The van der Waals surface area contributed by atoms with Gasteiger partial charge in [0.2, 0.25) is 11.0 Å². The van der Waals surface area contributed by atoms with Crippen LogP contribution in [-0.2, 0) is 20.9 Å². The molecule has 3 rings (SSSR count). The molecule has 0 N–H and O–H groups in total. The molecule has 0 saturated carbocycles. The van der Waals surface area contributed by atoms with Crippen LogP contribution >= 0.6 is 24.0 Å². The second-order valence-corrected chi connectivity index (χ2v) is 8.36. The van der Waals surface area contributed by atoms with Crippen LogP contribution in [0.2, 0.25) is 0 Å². The summed E-state index contributed by atoms with van der Waals surface area (Å²) in [7, 11) is 0. The summed E-state index contributed by atoms with van der Waals surface area (Å²) < 4.78 is 11.1. The van der Waals surface area contributed by atoms with Crippen molar-refractivity contribution in [1.82, 2.24) is 4.90 Å². The van der Waals surface area contributed by atoms with Crippen molar-refractivity contribution in [3.05, 3.63) is 82.9 Å². The molecular formula is C22H20N2O6S2. The number of β-lactam (4-membered cyclic amide) rings is 1. The Labute approximate surface area is 194 Å². The Bertz CT molecular complexity index is 1010. The second-order valence-electron chi connectivity index (χ2n) is 6.75. The van der Waals surface area contributed by atoms with Gasteiger partial charge in [0, 0.05) is 17.9 Å². The van der Waals surface area contributed by atoms with Gasteiger partial charge in [-0.2, -0.15) is 0 Å². The molecule has 8 nitrogen and oxygen atoms in total. The summed E-state index contributed by atoms with van der Waals surface area (Å²) in [5.41, 5.74) is 0.494. The molecule has 10 heteroatoms. The molecule has 2 aromatic rings. The quantitative estimate of drug-likeness (QED) is 0.128. The van der Waals surface area contributed by atoms with E-state index in [-0.39, 0.29) is 35.0 Å². The number of rotatable bonds is 10. The molecule has 2 atom stereocenters. The summed E-state index contributed by atoms with van der Waals surface area (Å²) >= 11 is 6.85. The Balaban J connectivity index is 1.75. The maximum Gasteiger partial charge on any atom is 0.338 e. The molecule has 32 heavy (non-hydrogen) atoms. The fourth-order valence-electron chi connectivity index (χ4n) is 2.96. The van der Waals surface area contributed by atoms with Crippen molar-refractivity contribution >= 4 is 46.6 Å². The zero-order chi connectivity index (χ0) is 23.1. The van der Waals surface area contributed by atoms with E-state index in [0.29, 0.717) is 17.1 Å². The average molecular weight is 473 g/mol. The first-order chi connectivity index (χ1) is 15.4. The van der Waals surface area contributed by atoms with Crippen LogP contribution in [0.1, 0.15) is 12.0 Å². The third kappa shape index (κ3) is 5.71. The molecule has 0 bridgehead atoms. The summed E-state index contributed by atoms with van der Waals surface area (Å²) in [6.45, 7) is 3.55. The monoisotopic (exact) mass is 472 g/mol. The zero-order valence-electron chi connectivity index (χ0n) is 16.9. The largest absolute Gasteiger partial charge is 0.459 e. The number of para-hydroxylation sites is 1. The van der Waals surface area contributed by atoms with Gasteiger partial charge in [-0.3, -0.25) is 14.9 Å². The fourth-order valence-corrected chi connectivity index (χ4v) is 4.29. The minimum atomic E-state index is -1.20. The van der Waals surface area contributed by atoms with E-state index in [9.17, 15) is 19.7 Å². The first-order valence-electron chi connectivity index (χ1n) is 9.61. The van der Waals surface area contributed by atoms with Gasteiger partial charge in [0.15, 0.2) is 6.04 Å². The van der Waals surface area contributed by atoms with Crippen molar-refractivity contribution in [2.24, 2.45) is 0 Å². The van der Waals surface area contributed by atoms with Crippen molar-refractivity contribution in [3.63, 3.8) is 0 Å². The molecule has 0 spiro atoms. The van der Waals surface area contributed by atoms with E-state index in [1.54, 1.807) is 30.3 Å². The van der Waals surface area contributed by atoms with Crippen molar-refractivity contribution in [1.29, 1.82) is 0 Å². The fraction of sp³-hybridized carbons (Fsp3) is 0.227. The lowest BCUT2D eigenvalue weighted by Crippen LogP contribution is -2.62. The number of carbonyl (C=O) groups is 2. The minimum Gasteiger partial charge on any atom is -0.459 e. The second kappa shape index (κ2) is 10.9. The standard InChI is InChI=1S/C22H20N2O6S2/c1-2-12-32-19-13-18(25)23(19)20(22(31)30-17-6-4-3-5-7-17)21(26)29-14-15-8-10-16(11-9-15)24(27)28/h2-11,19-20H,1,12-14H2. The number of carbonyl (C=O) groups excluding carboxylic acids is 2. The number of nitro groups is 1. The van der Waals surface area contributed by atoms with Crippen LogP contribution < -0.4 is 4.74 Å². The number of benzene rings is 2. The molecule has 1 aliphatic rings. The maximum absolute atomic E-state index is 13.0. The number of hydrogen-bond acceptors (Lipinski definition) is 8. The van der Waals surface area contributed by atoms with Crippen LogP contribution in [0.5, 0.6) is 5.75 Å². The van der Waals surface area contributed by atoms with Gasteiger partial charge in [0.05, 0.1) is 16.7 Å². The van der Waals surface area contributed by atoms with Gasteiger partial charge >= 0.3 is 5.97 Å². The van der Waals surface area contributed by atoms with Crippen LogP contribution in [-0.4, -0.2) is 43.9 Å². The number of ether oxygens (including phenoxy) is 2. The number of thioether (sulfide) groups is 1. The summed E-state index contributed by atoms with van der Waals surface area (Å²) in [5, 5.41) is 10.4. The van der Waals surface area contributed by atoms with Crippen LogP contribution in [0, 0.1) is 10.1 Å². The molecule has 1 fully saturated rings. The Morgan fingerprint density at radius 2 is 1.97 bits per heavy atom. The van der Waals surface area contributed by atoms with Gasteiger partial charge in [-0.15, -0.1) is 18.3 Å². The molecule has 1 aliphatic heterocycles. The number of thiocarbonyl (C=S) groups is 1. The van der Waals surface area contributed by atoms with Gasteiger partial charge < -0.3 is 14.4 Å². The van der Waals surface area contributed by atoms with E-state index in [0.717, 1.165) is 0 Å². The summed E-state index contributed by atoms with van der Waals surface area (Å²) in [4.78, 5) is 37.0. The number of amides is 1. The van der Waals surface area contributed by atoms with Gasteiger partial charge in [0.1, 0.15) is 12.4 Å². The number of non-ortho nitro benzene ring substituents is 1. The Kier molecular flexibility index (Phi) is 7.96. The van der Waals surface area contributed by atoms with Crippen LogP contribution in [0.3, 0.4) is 0 Å². The molecular weight excluding hydrogens is 452 g/mol. The molecule has 2 unspecified atom stereocenters. The van der Waals surface area contributed by atoms with Crippen molar-refractivity contribution in [3.8, 4) is 5.75 Å². The summed E-state index contributed by atoms with van der Waals surface area (Å²) in [5.74, 6) is 0.0732. The summed E-state index contributed by atoms with van der Waals surface area (Å²) in [6.07, 6.45) is 1.99. The first kappa shape index (κ1) is 23.4. The van der Waals surface area contributed by atoms with Gasteiger partial charge in [0.25, 0.3) is 5.69 Å². The van der Waals surface area contributed by atoms with E-state index in [2.05, 4.69) is 6.58 Å². The van der Waals surface area contributed by atoms with Crippen LogP contribution in [0.15, 0.2) is 67.3 Å². The number of nitro benzene ring substituents is 1. The number of nitrogens with zero attached hydrogens (tertiary/aromatic N) is 2. The minimum absolute atomic E-state index is 0.0661. The highest BCUT2D eigenvalue weighted by molar-refractivity contribution is 8.00. The normalized spacial score (nSPS) is 15.9. The van der Waals surface area contributed by atoms with E-state index >= 15 is 0 Å². The third-order valence-corrected chi connectivity index (χ3v) is 6.08. The van der Waals surface area contributed by atoms with Crippen molar-refractivity contribution < 1.29 is 24.0 Å². The smallest absolute Gasteiger partial charge is 0.338 e. The zero-order valence-corrected chi connectivity index (χ0v) is 18.6. The molecule has 2 aromatic carbocycles. The van der Waals surface area contributed by atoms with E-state index in [1.165, 1.54) is 40.9 Å². The Morgan fingerprint density at radius 3 is 2.56 bits per heavy atom. The Hall–Kier alpha value is -3.24. The van der Waals surface area contributed by atoms with E-state index < -0.39 is 16.9 Å². The molecule has 1 amide bonds. The Morgan fingerprint density at radius 1 is 1.28 bits per heavy atom. The first-order valence-corrected chi connectivity index (χ1v) is 11.1. The maximum atomic E-state index is 13.0. The lowest BCUT2D eigenvalue weighted by molar-refractivity contribution is -0.384. The highest BCUT2D eigenvalue weighted by Gasteiger charge is 2.47. The predicted molar refractivity (Wildman–Crippen MR) is 124 cm³/mol. The topological polar surface area (TPSA) is 99.0 Å². The number of likely N-dealkylation sites (tertiary alicyclic amines) is 1. The highest BCUT2D eigenvalue weighted by atomic mass is 32.2. The average Bonchev–Trinajstić information content (AvgIpc) is 2.79. The summed E-state index contributed by atoms with van der Waals surface area (Å²) in [6, 6.07) is 13.2. The third-order valence-electron chi connectivity index (χ3n) is 4.57. The van der Waals surface area contributed by atoms with Crippen LogP contribution in [0.4, 0.5) is 5.69 Å². The lowest BCUT2D eigenvalue weighted by Gasteiger charge is -2.43. The molecule has 0 aromatic heterocycles. The molecule has 1 saturated heterocycles. The molecule has 1 heterocycles. The van der Waals surface area contributed by atoms with Crippen molar-refractivity contribution in [2.45, 2.75) is 24.4 Å². The number of hydrogen-bond donors (Lipinski definition) is 0. The molecule has 0 aliphatic carbocycles. The predicted octanol–water partition coefficient (Wildman–Crippen LogP) is 3.89. The van der Waals surface area contributed by atoms with Crippen molar-refractivity contribution in [2.75, 3.05) is 5.75 Å².